The molecule has 1 N–H and O–H groups in total. The van der Waals surface area contributed by atoms with Gasteiger partial charge in [0.2, 0.25) is 0 Å². The van der Waals surface area contributed by atoms with Crippen LogP contribution in [0.3, 0.4) is 0 Å². The summed E-state index contributed by atoms with van der Waals surface area (Å²) in [4.78, 5) is 11.1. The van der Waals surface area contributed by atoms with E-state index in [-0.39, 0.29) is 5.92 Å². The summed E-state index contributed by atoms with van der Waals surface area (Å²) in [6, 6.07) is 5.15. The van der Waals surface area contributed by atoms with Gasteiger partial charge < -0.3 is 5.11 Å². The van der Waals surface area contributed by atoms with Gasteiger partial charge in [0.05, 0.1) is 16.0 Å². The van der Waals surface area contributed by atoms with Crippen molar-refractivity contribution in [2.24, 2.45) is 5.92 Å². The van der Waals surface area contributed by atoms with Gasteiger partial charge >= 0.3 is 5.97 Å². The Labute approximate surface area is 97.8 Å². The lowest BCUT2D eigenvalue weighted by Crippen LogP contribution is -2.14. The van der Waals surface area contributed by atoms with Gasteiger partial charge in [0.15, 0.2) is 0 Å². The topological polar surface area (TPSA) is 37.3 Å². The first kappa shape index (κ1) is 10.8. The molecule has 1 aromatic rings. The standard InChI is InChI=1S/C11H10Cl2O2/c12-8-3-1-2-7(10(8)13)9(11(14)15)6-4-5-6/h1-3,6,9H,4-5H2,(H,14,15). The summed E-state index contributed by atoms with van der Waals surface area (Å²) in [6.45, 7) is 0. The summed E-state index contributed by atoms with van der Waals surface area (Å²) in [5.74, 6) is -1.10. The molecule has 2 rings (SSSR count). The largest absolute Gasteiger partial charge is 0.481 e. The highest BCUT2D eigenvalue weighted by Crippen LogP contribution is 2.45. The second-order valence-electron chi connectivity index (χ2n) is 3.80. The van der Waals surface area contributed by atoms with Crippen LogP contribution in [-0.4, -0.2) is 11.1 Å². The minimum absolute atomic E-state index is 0.221. The fourth-order valence-electron chi connectivity index (χ4n) is 1.78. The lowest BCUT2D eigenvalue weighted by Gasteiger charge is -2.13. The van der Waals surface area contributed by atoms with Gasteiger partial charge in [-0.25, -0.2) is 0 Å². The average Bonchev–Trinajstić information content (AvgIpc) is 2.96. The molecule has 80 valence electrons. The van der Waals surface area contributed by atoms with Crippen LogP contribution < -0.4 is 0 Å². The number of carbonyl (C=O) groups is 1. The van der Waals surface area contributed by atoms with E-state index < -0.39 is 11.9 Å². The van der Waals surface area contributed by atoms with Gasteiger partial charge in [-0.15, -0.1) is 0 Å². The van der Waals surface area contributed by atoms with Crippen LogP contribution in [0.15, 0.2) is 18.2 Å². The Morgan fingerprint density at radius 2 is 2.07 bits per heavy atom. The number of benzene rings is 1. The molecular weight excluding hydrogens is 235 g/mol. The molecule has 0 spiro atoms. The number of hydrogen-bond donors (Lipinski definition) is 1. The lowest BCUT2D eigenvalue weighted by molar-refractivity contribution is -0.139. The average molecular weight is 245 g/mol. The van der Waals surface area contributed by atoms with Gasteiger partial charge in [0.25, 0.3) is 0 Å². The molecule has 15 heavy (non-hydrogen) atoms. The number of aliphatic carboxylic acids is 1. The zero-order valence-electron chi connectivity index (χ0n) is 7.91. The molecule has 0 saturated heterocycles. The van der Waals surface area contributed by atoms with Crippen LogP contribution in [-0.2, 0) is 4.79 Å². The molecule has 0 radical (unpaired) electrons. The van der Waals surface area contributed by atoms with Crippen molar-refractivity contribution in [1.82, 2.24) is 0 Å². The van der Waals surface area contributed by atoms with Gasteiger partial charge in [0.1, 0.15) is 0 Å². The maximum atomic E-state index is 11.1. The third-order valence-electron chi connectivity index (χ3n) is 2.68. The van der Waals surface area contributed by atoms with Crippen molar-refractivity contribution in [2.75, 3.05) is 0 Å². The highest BCUT2D eigenvalue weighted by molar-refractivity contribution is 6.42. The molecule has 1 aliphatic rings. The molecule has 1 saturated carbocycles. The van der Waals surface area contributed by atoms with Crippen molar-refractivity contribution in [2.45, 2.75) is 18.8 Å². The molecule has 2 nitrogen and oxygen atoms in total. The van der Waals surface area contributed by atoms with Crippen molar-refractivity contribution in [1.29, 1.82) is 0 Å². The quantitative estimate of drug-likeness (QED) is 0.883. The molecule has 1 unspecified atom stereocenters. The fraction of sp³-hybridized carbons (Fsp3) is 0.364. The molecule has 1 aromatic carbocycles. The van der Waals surface area contributed by atoms with E-state index >= 15 is 0 Å². The fourth-order valence-corrected chi connectivity index (χ4v) is 2.20. The smallest absolute Gasteiger partial charge is 0.311 e. The predicted molar refractivity (Wildman–Crippen MR) is 59.6 cm³/mol. The molecular formula is C11H10Cl2O2. The summed E-state index contributed by atoms with van der Waals surface area (Å²) >= 11 is 11.9. The zero-order chi connectivity index (χ0) is 11.0. The number of carboxylic acids is 1. The van der Waals surface area contributed by atoms with Gasteiger partial charge in [-0.2, -0.15) is 0 Å². The molecule has 0 aromatic heterocycles. The number of carboxylic acid groups (broad SMARTS) is 1. The minimum Gasteiger partial charge on any atom is -0.481 e. The Balaban J connectivity index is 2.41. The third kappa shape index (κ3) is 2.11. The van der Waals surface area contributed by atoms with Crippen molar-refractivity contribution in [3.63, 3.8) is 0 Å². The highest BCUT2D eigenvalue weighted by atomic mass is 35.5. The second-order valence-corrected chi connectivity index (χ2v) is 4.58. The first-order chi connectivity index (χ1) is 7.11. The molecule has 1 fully saturated rings. The maximum absolute atomic E-state index is 11.1. The van der Waals surface area contributed by atoms with E-state index in [2.05, 4.69) is 0 Å². The number of halogens is 2. The number of rotatable bonds is 3. The van der Waals surface area contributed by atoms with Crippen LogP contribution in [0.1, 0.15) is 24.3 Å². The van der Waals surface area contributed by atoms with E-state index in [1.165, 1.54) is 0 Å². The van der Waals surface area contributed by atoms with E-state index in [4.69, 9.17) is 28.3 Å². The normalized spacial score (nSPS) is 17.5. The van der Waals surface area contributed by atoms with E-state index in [0.29, 0.717) is 15.6 Å². The van der Waals surface area contributed by atoms with Gasteiger partial charge in [-0.1, -0.05) is 35.3 Å². The summed E-state index contributed by atoms with van der Waals surface area (Å²) in [5, 5.41) is 9.94. The first-order valence-corrected chi connectivity index (χ1v) is 5.53. The van der Waals surface area contributed by atoms with Crippen LogP contribution >= 0.6 is 23.2 Å². The van der Waals surface area contributed by atoms with Crippen molar-refractivity contribution < 1.29 is 9.90 Å². The van der Waals surface area contributed by atoms with Crippen molar-refractivity contribution in [3.8, 4) is 0 Å². The van der Waals surface area contributed by atoms with Crippen LogP contribution in [0.2, 0.25) is 10.0 Å². The van der Waals surface area contributed by atoms with Crippen molar-refractivity contribution >= 4 is 29.2 Å². The van der Waals surface area contributed by atoms with Crippen LogP contribution in [0, 0.1) is 5.92 Å². The summed E-state index contributed by atoms with van der Waals surface area (Å²) in [5.41, 5.74) is 0.638. The van der Waals surface area contributed by atoms with Gasteiger partial charge in [-0.3, -0.25) is 4.79 Å². The third-order valence-corrected chi connectivity index (χ3v) is 3.51. The Bertz CT molecular complexity index is 400. The molecule has 0 aliphatic heterocycles. The minimum atomic E-state index is -0.818. The Hall–Kier alpha value is -0.730. The SMILES string of the molecule is O=C(O)C(c1cccc(Cl)c1Cl)C1CC1. The van der Waals surface area contributed by atoms with Gasteiger partial charge in [0, 0.05) is 0 Å². The van der Waals surface area contributed by atoms with E-state index in [1.807, 2.05) is 0 Å². The molecule has 1 atom stereocenters. The Kier molecular flexibility index (Phi) is 2.89. The number of hydrogen-bond acceptors (Lipinski definition) is 1. The molecule has 0 bridgehead atoms. The van der Waals surface area contributed by atoms with Crippen LogP contribution in [0.25, 0.3) is 0 Å². The zero-order valence-corrected chi connectivity index (χ0v) is 9.42. The summed E-state index contributed by atoms with van der Waals surface area (Å²) < 4.78 is 0. The Morgan fingerprint density at radius 3 is 2.60 bits per heavy atom. The van der Waals surface area contributed by atoms with Crippen LogP contribution in [0.5, 0.6) is 0 Å². The molecule has 4 heteroatoms. The predicted octanol–water partition coefficient (Wildman–Crippen LogP) is 3.57. The van der Waals surface area contributed by atoms with E-state index in [1.54, 1.807) is 18.2 Å². The molecule has 0 amide bonds. The Morgan fingerprint density at radius 1 is 1.40 bits per heavy atom. The summed E-state index contributed by atoms with van der Waals surface area (Å²) in [6.07, 6.45) is 1.92. The molecule has 0 heterocycles. The first-order valence-electron chi connectivity index (χ1n) is 4.78. The second kappa shape index (κ2) is 4.03. The monoisotopic (exact) mass is 244 g/mol. The molecule has 1 aliphatic carbocycles. The lowest BCUT2D eigenvalue weighted by atomic mass is 9.94. The van der Waals surface area contributed by atoms with Crippen molar-refractivity contribution in [3.05, 3.63) is 33.8 Å². The van der Waals surface area contributed by atoms with E-state index in [9.17, 15) is 4.79 Å². The highest BCUT2D eigenvalue weighted by Gasteiger charge is 2.38. The van der Waals surface area contributed by atoms with E-state index in [0.717, 1.165) is 12.8 Å². The summed E-state index contributed by atoms with van der Waals surface area (Å²) in [7, 11) is 0. The van der Waals surface area contributed by atoms with Gasteiger partial charge in [-0.05, 0) is 30.4 Å². The van der Waals surface area contributed by atoms with Crippen LogP contribution in [0.4, 0.5) is 0 Å². The maximum Gasteiger partial charge on any atom is 0.311 e.